The van der Waals surface area contributed by atoms with Gasteiger partial charge in [-0.25, -0.2) is 0 Å². The van der Waals surface area contributed by atoms with Gasteiger partial charge in [0.05, 0.1) is 9.65 Å². The normalized spacial score (nSPS) is 18.4. The Balaban J connectivity index is 1.92. The summed E-state index contributed by atoms with van der Waals surface area (Å²) in [7, 11) is 0. The number of fused-ring (bicyclic) bond motifs is 6. The first kappa shape index (κ1) is 16.3. The molecule has 4 aromatic rings. The van der Waals surface area contributed by atoms with Crippen LogP contribution in [-0.4, -0.2) is 0 Å². The first-order chi connectivity index (χ1) is 12.7. The maximum atomic E-state index is 4.00. The summed E-state index contributed by atoms with van der Waals surface area (Å²) in [4.78, 5) is 0.392. The minimum absolute atomic E-state index is 0.191. The molecule has 26 heavy (non-hydrogen) atoms. The topological polar surface area (TPSA) is 0 Å². The van der Waals surface area contributed by atoms with E-state index >= 15 is 0 Å². The Labute approximate surface area is 170 Å². The lowest BCUT2D eigenvalue weighted by molar-refractivity contribution is 0.940. The quantitative estimate of drug-likeness (QED) is 0.231. The molecule has 126 valence electrons. The fraction of sp³-hybridized carbons (Fsp3) is 0.0833. The molecule has 0 radical (unpaired) electrons. The van der Waals surface area contributed by atoms with Crippen LogP contribution in [0.5, 0.6) is 0 Å². The average Bonchev–Trinajstić information content (AvgIpc) is 2.71. The molecular weight excluding hydrogens is 448 g/mol. The lowest BCUT2D eigenvalue weighted by atomic mass is 9.83. The summed E-state index contributed by atoms with van der Waals surface area (Å²) in [6.45, 7) is 0. The minimum Gasteiger partial charge on any atom is -0.0823 e. The molecule has 0 N–H and O–H groups in total. The molecule has 0 saturated carbocycles. The highest BCUT2D eigenvalue weighted by Crippen LogP contribution is 2.52. The van der Waals surface area contributed by atoms with Crippen LogP contribution in [0.4, 0.5) is 0 Å². The Morgan fingerprint density at radius 2 is 0.962 bits per heavy atom. The molecule has 2 heteroatoms. The number of hydrogen-bond donors (Lipinski definition) is 0. The van der Waals surface area contributed by atoms with Gasteiger partial charge >= 0.3 is 0 Å². The summed E-state index contributed by atoms with van der Waals surface area (Å²) in [5, 5.41) is 2.56. The number of benzene rings is 4. The van der Waals surface area contributed by atoms with Crippen molar-refractivity contribution in [2.45, 2.75) is 9.65 Å². The second kappa shape index (κ2) is 6.37. The van der Waals surface area contributed by atoms with Crippen LogP contribution in [0.1, 0.15) is 20.8 Å². The van der Waals surface area contributed by atoms with Crippen molar-refractivity contribution in [3.63, 3.8) is 0 Å². The van der Waals surface area contributed by atoms with E-state index in [1.165, 1.54) is 44.2 Å². The summed E-state index contributed by atoms with van der Waals surface area (Å²) in [5.41, 5.74) is 7.84. The smallest absolute Gasteiger partial charge is 0.0567 e. The van der Waals surface area contributed by atoms with E-state index in [2.05, 4.69) is 117 Å². The number of hydrogen-bond acceptors (Lipinski definition) is 0. The highest BCUT2D eigenvalue weighted by atomic mass is 79.9. The zero-order valence-electron chi connectivity index (χ0n) is 14.0. The Hall–Kier alpha value is -1.90. The zero-order valence-corrected chi connectivity index (χ0v) is 17.2. The maximum absolute atomic E-state index is 4.00. The number of rotatable bonds is 0. The van der Waals surface area contributed by atoms with E-state index in [0.29, 0.717) is 0 Å². The Morgan fingerprint density at radius 3 is 1.69 bits per heavy atom. The second-order valence-electron chi connectivity index (χ2n) is 6.72. The van der Waals surface area contributed by atoms with Crippen molar-refractivity contribution in [3.8, 4) is 22.3 Å². The Bertz CT molecular complexity index is 1130. The van der Waals surface area contributed by atoms with Crippen LogP contribution >= 0.6 is 31.9 Å². The van der Waals surface area contributed by atoms with Gasteiger partial charge in [0.2, 0.25) is 0 Å². The fourth-order valence-corrected chi connectivity index (χ4v) is 5.32. The van der Waals surface area contributed by atoms with E-state index in [-0.39, 0.29) is 9.65 Å². The van der Waals surface area contributed by atoms with E-state index in [1.807, 2.05) is 0 Å². The molecule has 0 aromatic heterocycles. The van der Waals surface area contributed by atoms with Gasteiger partial charge in [0.15, 0.2) is 0 Å². The third-order valence-electron chi connectivity index (χ3n) is 5.24. The van der Waals surface area contributed by atoms with Crippen molar-refractivity contribution >= 4 is 42.6 Å². The average molecular weight is 464 g/mol. The largest absolute Gasteiger partial charge is 0.0823 e. The molecule has 5 rings (SSSR count). The summed E-state index contributed by atoms with van der Waals surface area (Å²) < 4.78 is 0. The standard InChI is InChI=1S/C24H16Br2/c25-23-20-12-6-5-10-18(20)17-9-3-4-11-19(17)21-13-15-7-1-2-8-16(15)14-22(21)24(23)26/h1-14,23-24H. The van der Waals surface area contributed by atoms with Gasteiger partial charge in [0.1, 0.15) is 0 Å². The molecule has 1 aliphatic rings. The molecule has 1 aliphatic carbocycles. The number of halogens is 2. The van der Waals surface area contributed by atoms with E-state index in [0.717, 1.165) is 0 Å². The molecular formula is C24H16Br2. The first-order valence-corrected chi connectivity index (χ1v) is 10.6. The van der Waals surface area contributed by atoms with Crippen LogP contribution in [-0.2, 0) is 0 Å². The van der Waals surface area contributed by atoms with Gasteiger partial charge in [0, 0.05) is 0 Å². The molecule has 4 aromatic carbocycles. The molecule has 0 heterocycles. The third kappa shape index (κ3) is 2.47. The lowest BCUT2D eigenvalue weighted by Crippen LogP contribution is -2.06. The van der Waals surface area contributed by atoms with Crippen molar-refractivity contribution in [2.75, 3.05) is 0 Å². The van der Waals surface area contributed by atoms with Crippen molar-refractivity contribution in [3.05, 3.63) is 96.1 Å². The summed E-state index contributed by atoms with van der Waals surface area (Å²) in [6, 6.07) is 30.7. The van der Waals surface area contributed by atoms with Gasteiger partial charge in [0.25, 0.3) is 0 Å². The summed E-state index contributed by atoms with van der Waals surface area (Å²) in [5.74, 6) is 0. The molecule has 0 spiro atoms. The van der Waals surface area contributed by atoms with Crippen molar-refractivity contribution < 1.29 is 0 Å². The zero-order chi connectivity index (χ0) is 17.7. The molecule has 2 atom stereocenters. The van der Waals surface area contributed by atoms with Crippen molar-refractivity contribution in [2.24, 2.45) is 0 Å². The fourth-order valence-electron chi connectivity index (χ4n) is 3.97. The van der Waals surface area contributed by atoms with Crippen LogP contribution in [0.25, 0.3) is 33.0 Å². The maximum Gasteiger partial charge on any atom is 0.0567 e. The monoisotopic (exact) mass is 462 g/mol. The molecule has 0 amide bonds. The van der Waals surface area contributed by atoms with Crippen LogP contribution in [0, 0.1) is 0 Å². The highest BCUT2D eigenvalue weighted by Gasteiger charge is 2.28. The second-order valence-corrected chi connectivity index (χ2v) is 8.70. The molecule has 0 fully saturated rings. The van der Waals surface area contributed by atoms with Gasteiger partial charge < -0.3 is 0 Å². The van der Waals surface area contributed by atoms with Crippen LogP contribution in [0.3, 0.4) is 0 Å². The van der Waals surface area contributed by atoms with Gasteiger partial charge in [-0.2, -0.15) is 0 Å². The molecule has 0 saturated heterocycles. The van der Waals surface area contributed by atoms with Crippen LogP contribution in [0.15, 0.2) is 84.9 Å². The lowest BCUT2D eigenvalue weighted by Gasteiger charge is -2.28. The summed E-state index contributed by atoms with van der Waals surface area (Å²) in [6.07, 6.45) is 0. The third-order valence-corrected chi connectivity index (χ3v) is 7.99. The van der Waals surface area contributed by atoms with E-state index in [9.17, 15) is 0 Å². The van der Waals surface area contributed by atoms with E-state index in [1.54, 1.807) is 0 Å². The van der Waals surface area contributed by atoms with Crippen molar-refractivity contribution in [1.82, 2.24) is 0 Å². The number of alkyl halides is 2. The first-order valence-electron chi connectivity index (χ1n) is 8.73. The molecule has 2 unspecified atom stereocenters. The predicted molar refractivity (Wildman–Crippen MR) is 118 cm³/mol. The van der Waals surface area contributed by atoms with Gasteiger partial charge in [-0.1, -0.05) is 105 Å². The van der Waals surface area contributed by atoms with Gasteiger partial charge in [-0.15, -0.1) is 0 Å². The molecule has 0 aliphatic heterocycles. The SMILES string of the molecule is BrC1c2ccccc2-c2ccccc2-c2cc3ccccc3cc2C1Br. The Kier molecular flexibility index (Phi) is 3.99. The molecule has 0 bridgehead atoms. The predicted octanol–water partition coefficient (Wildman–Crippen LogP) is 8.06. The van der Waals surface area contributed by atoms with Crippen LogP contribution < -0.4 is 0 Å². The van der Waals surface area contributed by atoms with Crippen LogP contribution in [0.2, 0.25) is 0 Å². The molecule has 0 nitrogen and oxygen atoms in total. The van der Waals surface area contributed by atoms with Crippen molar-refractivity contribution in [1.29, 1.82) is 0 Å². The van der Waals surface area contributed by atoms with E-state index in [4.69, 9.17) is 0 Å². The Morgan fingerprint density at radius 1 is 0.462 bits per heavy atom. The summed E-state index contributed by atoms with van der Waals surface area (Å²) >= 11 is 7.97. The van der Waals surface area contributed by atoms with Gasteiger partial charge in [-0.05, 0) is 56.3 Å². The van der Waals surface area contributed by atoms with E-state index < -0.39 is 0 Å². The minimum atomic E-state index is 0.191. The highest BCUT2D eigenvalue weighted by molar-refractivity contribution is 9.12. The van der Waals surface area contributed by atoms with Gasteiger partial charge in [-0.3, -0.25) is 0 Å².